The Kier molecular flexibility index (Phi) is 9.45. The van der Waals surface area contributed by atoms with E-state index < -0.39 is 6.61 Å². The van der Waals surface area contributed by atoms with Gasteiger partial charge < -0.3 is 15.4 Å². The molecular formula is C20H23F2IN6O. The van der Waals surface area contributed by atoms with E-state index in [4.69, 9.17) is 0 Å². The van der Waals surface area contributed by atoms with Gasteiger partial charge in [0.1, 0.15) is 18.4 Å². The number of alkyl halides is 2. The zero-order chi connectivity index (χ0) is 20.5. The number of hydrogen-bond acceptors (Lipinski definition) is 4. The number of hydrogen-bond donors (Lipinski definition) is 2. The maximum Gasteiger partial charge on any atom is 0.387 e. The Balaban J connectivity index is 0.00000320. The summed E-state index contributed by atoms with van der Waals surface area (Å²) >= 11 is 0. The second-order valence-corrected chi connectivity index (χ2v) is 6.04. The Labute approximate surface area is 190 Å². The largest absolute Gasteiger partial charge is 0.434 e. The molecule has 0 saturated heterocycles. The zero-order valence-corrected chi connectivity index (χ0v) is 18.7. The molecule has 3 aromatic rings. The molecule has 3 rings (SSSR count). The minimum absolute atomic E-state index is 0. The maximum atomic E-state index is 12.6. The lowest BCUT2D eigenvalue weighted by Crippen LogP contribution is -2.36. The van der Waals surface area contributed by atoms with E-state index in [1.807, 2.05) is 31.2 Å². The van der Waals surface area contributed by atoms with Gasteiger partial charge in [-0.05, 0) is 30.7 Å². The molecular weight excluding hydrogens is 505 g/mol. The van der Waals surface area contributed by atoms with Crippen molar-refractivity contribution in [1.29, 1.82) is 0 Å². The van der Waals surface area contributed by atoms with Crippen LogP contribution in [0.4, 0.5) is 8.78 Å². The van der Waals surface area contributed by atoms with Crippen LogP contribution in [-0.4, -0.2) is 33.9 Å². The van der Waals surface area contributed by atoms with Crippen LogP contribution in [0, 0.1) is 0 Å². The third-order valence-electron chi connectivity index (χ3n) is 4.02. The van der Waals surface area contributed by atoms with Crippen molar-refractivity contribution in [2.75, 3.05) is 6.54 Å². The van der Waals surface area contributed by atoms with Crippen LogP contribution >= 0.6 is 24.0 Å². The first kappa shape index (κ1) is 23.5. The number of aliphatic imine (C=N–C) groups is 1. The van der Waals surface area contributed by atoms with E-state index in [9.17, 15) is 8.78 Å². The van der Waals surface area contributed by atoms with E-state index in [1.165, 1.54) is 12.4 Å². The molecule has 0 fully saturated rings. The molecule has 30 heavy (non-hydrogen) atoms. The van der Waals surface area contributed by atoms with Crippen molar-refractivity contribution in [3.8, 4) is 11.4 Å². The predicted molar refractivity (Wildman–Crippen MR) is 122 cm³/mol. The highest BCUT2D eigenvalue weighted by molar-refractivity contribution is 14.0. The average Bonchev–Trinajstić information content (AvgIpc) is 3.26. The summed E-state index contributed by atoms with van der Waals surface area (Å²) in [4.78, 5) is 8.48. The molecule has 7 nitrogen and oxygen atoms in total. The van der Waals surface area contributed by atoms with Crippen LogP contribution in [0.3, 0.4) is 0 Å². The monoisotopic (exact) mass is 528 g/mol. The van der Waals surface area contributed by atoms with Gasteiger partial charge in [0.2, 0.25) is 0 Å². The molecule has 0 unspecified atom stereocenters. The van der Waals surface area contributed by atoms with Gasteiger partial charge in [-0.2, -0.15) is 13.9 Å². The highest BCUT2D eigenvalue weighted by Gasteiger charge is 2.09. The van der Waals surface area contributed by atoms with Crippen molar-refractivity contribution in [3.05, 3.63) is 72.3 Å². The lowest BCUT2D eigenvalue weighted by atomic mass is 10.2. The molecule has 0 spiro atoms. The standard InChI is InChI=1S/C20H22F2N6O.HI/c1-2-24-20(26-12-16-5-3-4-6-18(16)29-19(21)22)25-11-15-7-9-17(10-8-15)28-14-23-13-27-28;/h3-10,13-14,19H,2,11-12H2,1H3,(H2,24,25,26);1H. The number of ether oxygens (including phenoxy) is 1. The van der Waals surface area contributed by atoms with Crippen LogP contribution in [0.1, 0.15) is 18.1 Å². The first-order valence-corrected chi connectivity index (χ1v) is 9.14. The molecule has 0 aliphatic heterocycles. The number of guanidine groups is 1. The van der Waals surface area contributed by atoms with Gasteiger partial charge in [-0.1, -0.05) is 30.3 Å². The van der Waals surface area contributed by atoms with E-state index in [-0.39, 0.29) is 29.7 Å². The Morgan fingerprint density at radius 2 is 1.90 bits per heavy atom. The topological polar surface area (TPSA) is 76.4 Å². The summed E-state index contributed by atoms with van der Waals surface area (Å²) in [5.41, 5.74) is 2.55. The zero-order valence-electron chi connectivity index (χ0n) is 16.3. The van der Waals surface area contributed by atoms with Gasteiger partial charge >= 0.3 is 6.61 Å². The summed E-state index contributed by atoms with van der Waals surface area (Å²) in [6.45, 7) is 0.533. The highest BCUT2D eigenvalue weighted by Crippen LogP contribution is 2.19. The lowest BCUT2D eigenvalue weighted by Gasteiger charge is -2.14. The molecule has 0 aliphatic rings. The van der Waals surface area contributed by atoms with Gasteiger partial charge in [-0.15, -0.1) is 24.0 Å². The summed E-state index contributed by atoms with van der Waals surface area (Å²) in [6, 6.07) is 14.5. The number of para-hydroxylation sites is 1. The van der Waals surface area contributed by atoms with Gasteiger partial charge in [-0.3, -0.25) is 0 Å². The van der Waals surface area contributed by atoms with Crippen LogP contribution in [0.5, 0.6) is 5.75 Å². The fourth-order valence-corrected chi connectivity index (χ4v) is 2.65. The molecule has 0 atom stereocenters. The quantitative estimate of drug-likeness (QED) is 0.265. The number of benzene rings is 2. The van der Waals surface area contributed by atoms with E-state index >= 15 is 0 Å². The fourth-order valence-electron chi connectivity index (χ4n) is 2.65. The molecule has 0 aliphatic carbocycles. The molecule has 2 N–H and O–H groups in total. The van der Waals surface area contributed by atoms with Gasteiger partial charge in [0.15, 0.2) is 5.96 Å². The molecule has 160 valence electrons. The minimum Gasteiger partial charge on any atom is -0.434 e. The summed E-state index contributed by atoms with van der Waals surface area (Å²) in [5.74, 6) is 0.731. The van der Waals surface area contributed by atoms with Crippen LogP contribution in [-0.2, 0) is 13.1 Å². The van der Waals surface area contributed by atoms with Gasteiger partial charge in [0, 0.05) is 18.7 Å². The van der Waals surface area contributed by atoms with Crippen LogP contribution in [0.25, 0.3) is 5.69 Å². The average molecular weight is 528 g/mol. The number of halogens is 3. The maximum absolute atomic E-state index is 12.6. The van der Waals surface area contributed by atoms with Crippen LogP contribution in [0.15, 0.2) is 66.2 Å². The first-order valence-electron chi connectivity index (χ1n) is 9.14. The van der Waals surface area contributed by atoms with Crippen molar-refractivity contribution < 1.29 is 13.5 Å². The normalized spacial score (nSPS) is 11.1. The van der Waals surface area contributed by atoms with Gasteiger partial charge in [-0.25, -0.2) is 14.7 Å². The van der Waals surface area contributed by atoms with Gasteiger partial charge in [0.05, 0.1) is 12.2 Å². The molecule has 1 heterocycles. The van der Waals surface area contributed by atoms with E-state index in [0.29, 0.717) is 31.2 Å². The summed E-state index contributed by atoms with van der Waals surface area (Å²) < 4.78 is 31.4. The first-order chi connectivity index (χ1) is 14.2. The summed E-state index contributed by atoms with van der Waals surface area (Å²) in [5, 5.41) is 10.4. The predicted octanol–water partition coefficient (Wildman–Crippen LogP) is 3.74. The van der Waals surface area contributed by atoms with Crippen molar-refractivity contribution in [3.63, 3.8) is 0 Å². The highest BCUT2D eigenvalue weighted by atomic mass is 127. The molecule has 0 radical (unpaired) electrons. The Hall–Kier alpha value is -2.76. The summed E-state index contributed by atoms with van der Waals surface area (Å²) in [7, 11) is 0. The molecule has 10 heteroatoms. The third kappa shape index (κ3) is 6.94. The lowest BCUT2D eigenvalue weighted by molar-refractivity contribution is -0.0504. The Morgan fingerprint density at radius 1 is 1.13 bits per heavy atom. The second-order valence-electron chi connectivity index (χ2n) is 6.04. The van der Waals surface area contributed by atoms with Crippen molar-refractivity contribution >= 4 is 29.9 Å². The third-order valence-corrected chi connectivity index (χ3v) is 4.02. The summed E-state index contributed by atoms with van der Waals surface area (Å²) in [6.07, 6.45) is 3.12. The number of nitrogens with zero attached hydrogens (tertiary/aromatic N) is 4. The van der Waals surface area contributed by atoms with Crippen LogP contribution < -0.4 is 15.4 Å². The van der Waals surface area contributed by atoms with E-state index in [1.54, 1.807) is 29.2 Å². The van der Waals surface area contributed by atoms with Crippen LogP contribution in [0.2, 0.25) is 0 Å². The van der Waals surface area contributed by atoms with Crippen molar-refractivity contribution in [1.82, 2.24) is 25.4 Å². The van der Waals surface area contributed by atoms with Crippen molar-refractivity contribution in [2.24, 2.45) is 4.99 Å². The van der Waals surface area contributed by atoms with E-state index in [2.05, 4.69) is 30.4 Å². The minimum atomic E-state index is -2.86. The number of nitrogens with one attached hydrogen (secondary N) is 2. The molecule has 1 aromatic heterocycles. The van der Waals surface area contributed by atoms with Gasteiger partial charge in [0.25, 0.3) is 0 Å². The second kappa shape index (κ2) is 12.1. The fraction of sp³-hybridized carbons (Fsp3) is 0.250. The van der Waals surface area contributed by atoms with E-state index in [0.717, 1.165) is 11.3 Å². The number of aromatic nitrogens is 3. The molecule has 0 saturated carbocycles. The Bertz CT molecular complexity index is 919. The smallest absolute Gasteiger partial charge is 0.387 e. The van der Waals surface area contributed by atoms with Crippen molar-refractivity contribution in [2.45, 2.75) is 26.6 Å². The Morgan fingerprint density at radius 3 is 2.57 bits per heavy atom. The molecule has 0 amide bonds. The molecule has 0 bridgehead atoms. The number of rotatable bonds is 8. The molecule has 2 aromatic carbocycles. The SMILES string of the molecule is CCNC(=NCc1ccc(-n2cncn2)cc1)NCc1ccccc1OC(F)F.I.